The van der Waals surface area contributed by atoms with E-state index in [0.717, 1.165) is 34.4 Å². The Bertz CT molecular complexity index is 1710. The number of nitrogens with one attached hydrogen (secondary N) is 2. The third kappa shape index (κ3) is 5.04. The molecule has 8 heteroatoms. The second-order valence-corrected chi connectivity index (χ2v) is 10.8. The lowest BCUT2D eigenvalue weighted by Crippen LogP contribution is -2.12. The lowest BCUT2D eigenvalue weighted by molar-refractivity contribution is 1.09. The van der Waals surface area contributed by atoms with Crippen molar-refractivity contribution < 1.29 is 0 Å². The van der Waals surface area contributed by atoms with Gasteiger partial charge in [-0.1, -0.05) is 25.6 Å². The molecule has 192 valence electrons. The molecule has 0 amide bonds. The largest absolute Gasteiger partial charge is 0.339 e. The first-order valence-electron chi connectivity index (χ1n) is 12.3. The molecule has 0 aliphatic carbocycles. The van der Waals surface area contributed by atoms with Crippen LogP contribution < -0.4 is 10.6 Å². The maximum absolute atomic E-state index is 4.51. The Morgan fingerprint density at radius 1 is 0.590 bits per heavy atom. The highest BCUT2D eigenvalue weighted by Gasteiger charge is 2.17. The van der Waals surface area contributed by atoms with E-state index in [4.69, 9.17) is 0 Å². The minimum atomic E-state index is 0. The van der Waals surface area contributed by atoms with Crippen molar-refractivity contribution in [2.24, 2.45) is 9.98 Å². The number of hydrogen-bond acceptors (Lipinski definition) is 8. The van der Waals surface area contributed by atoms with Crippen molar-refractivity contribution >= 4 is 65.9 Å². The molecular weight excluding hydrogens is 521 g/mol. The van der Waals surface area contributed by atoms with Gasteiger partial charge in [-0.2, -0.15) is 0 Å². The first-order valence-corrected chi connectivity index (χ1v) is 14.0. The fourth-order valence-electron chi connectivity index (χ4n) is 4.58. The molecule has 2 aliphatic rings. The van der Waals surface area contributed by atoms with Gasteiger partial charge in [-0.05, 0) is 76.1 Å². The number of pyridine rings is 2. The molecule has 6 aromatic rings. The van der Waals surface area contributed by atoms with E-state index < -0.39 is 0 Å². The molecule has 4 aromatic heterocycles. The third-order valence-electron chi connectivity index (χ3n) is 6.48. The molecule has 39 heavy (non-hydrogen) atoms. The number of fused-ring (bicyclic) bond motifs is 4. The highest BCUT2D eigenvalue weighted by atomic mass is 32.1. The van der Waals surface area contributed by atoms with Crippen LogP contribution in [0.1, 0.15) is 29.9 Å². The van der Waals surface area contributed by atoms with E-state index >= 15 is 0 Å². The summed E-state index contributed by atoms with van der Waals surface area (Å²) in [5, 5.41) is 13.5. The molecule has 2 N–H and O–H groups in total. The summed E-state index contributed by atoms with van der Waals surface area (Å²) < 4.78 is 2.59. The molecule has 0 spiro atoms. The van der Waals surface area contributed by atoms with Crippen LogP contribution in [0, 0.1) is 0 Å². The molecule has 0 atom stereocenters. The summed E-state index contributed by atoms with van der Waals surface area (Å²) in [6, 6.07) is 25.1. The van der Waals surface area contributed by atoms with Gasteiger partial charge in [0.05, 0.1) is 13.1 Å². The summed E-state index contributed by atoms with van der Waals surface area (Å²) >= 11 is 3.51. The summed E-state index contributed by atoms with van der Waals surface area (Å²) in [5.74, 6) is 1.73. The van der Waals surface area contributed by atoms with Crippen molar-refractivity contribution in [3.05, 3.63) is 118 Å². The monoisotopic (exact) mass is 546 g/mol. The Morgan fingerprint density at radius 3 is 1.87 bits per heavy atom. The molecule has 0 radical (unpaired) electrons. The predicted molar refractivity (Wildman–Crippen MR) is 167 cm³/mol. The minimum Gasteiger partial charge on any atom is -0.339 e. The van der Waals surface area contributed by atoms with E-state index in [1.165, 1.54) is 31.3 Å². The summed E-state index contributed by atoms with van der Waals surface area (Å²) in [6.07, 6.45) is 3.62. The normalized spacial score (nSPS) is 13.0. The quantitative estimate of drug-likeness (QED) is 0.231. The number of aliphatic imine (C=N–C) groups is 2. The topological polar surface area (TPSA) is 74.6 Å². The van der Waals surface area contributed by atoms with Crippen molar-refractivity contribution in [1.29, 1.82) is 0 Å². The summed E-state index contributed by atoms with van der Waals surface area (Å²) in [6.45, 7) is 1.43. The maximum atomic E-state index is 4.51. The Hall–Kier alpha value is -4.40. The molecule has 6 heterocycles. The zero-order valence-corrected chi connectivity index (χ0v) is 21.9. The molecule has 2 aromatic carbocycles. The lowest BCUT2D eigenvalue weighted by atomic mass is 10.2. The minimum absolute atomic E-state index is 0. The molecule has 8 rings (SSSR count). The van der Waals surface area contributed by atoms with Crippen LogP contribution >= 0.6 is 22.7 Å². The number of amidine groups is 2. The van der Waals surface area contributed by atoms with Crippen LogP contribution in [0.15, 0.2) is 106 Å². The van der Waals surface area contributed by atoms with Crippen LogP contribution in [-0.2, 0) is 13.1 Å². The molecule has 0 saturated carbocycles. The van der Waals surface area contributed by atoms with E-state index in [1.807, 2.05) is 24.5 Å². The van der Waals surface area contributed by atoms with Crippen LogP contribution in [0.2, 0.25) is 0 Å². The third-order valence-corrected chi connectivity index (χ3v) is 8.26. The van der Waals surface area contributed by atoms with E-state index in [-0.39, 0.29) is 7.43 Å². The number of anilines is 2. The van der Waals surface area contributed by atoms with Crippen molar-refractivity contribution in [2.75, 3.05) is 10.6 Å². The summed E-state index contributed by atoms with van der Waals surface area (Å²) in [5.41, 5.74) is 6.42. The second-order valence-electron chi connectivity index (χ2n) is 8.95. The van der Waals surface area contributed by atoms with Crippen LogP contribution in [-0.4, -0.2) is 21.6 Å². The maximum Gasteiger partial charge on any atom is 0.152 e. The second kappa shape index (κ2) is 10.8. The first-order chi connectivity index (χ1) is 18.8. The predicted octanol–water partition coefficient (Wildman–Crippen LogP) is 7.97. The van der Waals surface area contributed by atoms with Gasteiger partial charge in [-0.15, -0.1) is 22.7 Å². The van der Waals surface area contributed by atoms with E-state index in [0.29, 0.717) is 13.1 Å². The molecule has 0 fully saturated rings. The van der Waals surface area contributed by atoms with Crippen LogP contribution in [0.5, 0.6) is 0 Å². The Kier molecular flexibility index (Phi) is 6.87. The number of hydrogen-bond donors (Lipinski definition) is 2. The molecule has 6 nitrogen and oxygen atoms in total. The van der Waals surface area contributed by atoms with Gasteiger partial charge < -0.3 is 10.6 Å². The van der Waals surface area contributed by atoms with E-state index in [9.17, 15) is 0 Å². The van der Waals surface area contributed by atoms with Crippen LogP contribution in [0.3, 0.4) is 0 Å². The molecule has 0 bridgehead atoms. The van der Waals surface area contributed by atoms with Gasteiger partial charge >= 0.3 is 0 Å². The van der Waals surface area contributed by atoms with Gasteiger partial charge in [0.1, 0.15) is 11.4 Å². The number of nitrogens with zero attached hydrogens (tertiary/aromatic N) is 4. The van der Waals surface area contributed by atoms with Crippen LogP contribution in [0.4, 0.5) is 11.4 Å². The van der Waals surface area contributed by atoms with Gasteiger partial charge in [-0.25, -0.2) is 0 Å². The van der Waals surface area contributed by atoms with Crippen LogP contribution in [0.25, 0.3) is 20.2 Å². The Labute approximate surface area is 234 Å². The average molecular weight is 547 g/mol. The Balaban J connectivity index is 0.000000138. The number of benzene rings is 2. The fraction of sp³-hybridized carbons (Fsp3) is 0.0968. The SMILES string of the molecule is C.c1cnc2c(c1)CN=C2Nc1ccc2ccsc2c1.c1cnc2c(c1)CN=C2Nc1ccc2sccc2c1. The average Bonchev–Trinajstić information content (AvgIpc) is 3.76. The highest BCUT2D eigenvalue weighted by molar-refractivity contribution is 7.17. The van der Waals surface area contributed by atoms with E-state index in [2.05, 4.69) is 102 Å². The zero-order valence-electron chi connectivity index (χ0n) is 20.3. The van der Waals surface area contributed by atoms with Crippen molar-refractivity contribution in [3.63, 3.8) is 0 Å². The lowest BCUT2D eigenvalue weighted by Gasteiger charge is -2.06. The smallest absolute Gasteiger partial charge is 0.152 e. The molecule has 2 aliphatic heterocycles. The van der Waals surface area contributed by atoms with Gasteiger partial charge in [0.2, 0.25) is 0 Å². The van der Waals surface area contributed by atoms with Gasteiger partial charge in [0.25, 0.3) is 0 Å². The van der Waals surface area contributed by atoms with Gasteiger partial charge in [0, 0.05) is 44.3 Å². The van der Waals surface area contributed by atoms with Gasteiger partial charge in [0.15, 0.2) is 11.7 Å². The van der Waals surface area contributed by atoms with Crippen molar-refractivity contribution in [3.8, 4) is 0 Å². The number of thiophene rings is 2. The highest BCUT2D eigenvalue weighted by Crippen LogP contribution is 2.27. The van der Waals surface area contributed by atoms with Crippen molar-refractivity contribution in [1.82, 2.24) is 9.97 Å². The Morgan fingerprint density at radius 2 is 1.18 bits per heavy atom. The number of rotatable bonds is 2. The van der Waals surface area contributed by atoms with E-state index in [1.54, 1.807) is 22.7 Å². The first kappa shape index (κ1) is 24.9. The molecule has 0 unspecified atom stereocenters. The number of aromatic nitrogens is 2. The van der Waals surface area contributed by atoms with Gasteiger partial charge in [-0.3, -0.25) is 20.0 Å². The molecule has 0 saturated heterocycles. The summed E-state index contributed by atoms with van der Waals surface area (Å²) in [7, 11) is 0. The standard InChI is InChI=1S/2C15H11N3S.CH4/c1-2-11-9-17-15(14(11)16-6-1)18-12-3-4-13-10(8-12)5-7-19-13;1-2-11-9-17-15(14(11)16-6-1)18-12-4-3-10-5-7-19-13(10)8-12;/h2*1-8H,9H2,(H,17,18);1H4. The zero-order chi connectivity index (χ0) is 25.3. The fourth-order valence-corrected chi connectivity index (χ4v) is 6.18. The van der Waals surface area contributed by atoms with Crippen molar-refractivity contribution in [2.45, 2.75) is 20.5 Å². The molecular formula is C31H26N6S2. The summed E-state index contributed by atoms with van der Waals surface area (Å²) in [4.78, 5) is 17.8.